The Balaban J connectivity index is 1.68. The first-order valence-electron chi connectivity index (χ1n) is 10.0. The van der Waals surface area contributed by atoms with E-state index in [1.165, 1.54) is 31.4 Å². The Labute approximate surface area is 182 Å². The highest BCUT2D eigenvalue weighted by molar-refractivity contribution is 6.16. The number of halogens is 4. The summed E-state index contributed by atoms with van der Waals surface area (Å²) in [6.45, 7) is 0.951. The number of imidazole rings is 1. The van der Waals surface area contributed by atoms with Crippen molar-refractivity contribution in [2.75, 3.05) is 11.9 Å². The monoisotopic (exact) mass is 448 g/mol. The van der Waals surface area contributed by atoms with Crippen molar-refractivity contribution in [2.45, 2.75) is 44.3 Å². The maximum absolute atomic E-state index is 12.9. The van der Waals surface area contributed by atoms with Crippen LogP contribution in [0.25, 0.3) is 11.2 Å². The average molecular weight is 449 g/mol. The van der Waals surface area contributed by atoms with Gasteiger partial charge in [-0.05, 0) is 30.0 Å². The zero-order valence-electron chi connectivity index (χ0n) is 16.6. The number of hydrogen-bond donors (Lipinski definition) is 1. The molecule has 1 fully saturated rings. The largest absolute Gasteiger partial charge is 0.416 e. The van der Waals surface area contributed by atoms with E-state index in [4.69, 9.17) is 11.6 Å². The lowest BCUT2D eigenvalue weighted by Gasteiger charge is -2.25. The number of fused-ring (bicyclic) bond motifs is 1. The predicted octanol–water partition coefficient (Wildman–Crippen LogP) is 5.11. The summed E-state index contributed by atoms with van der Waals surface area (Å²) in [6, 6.07) is 6.91. The van der Waals surface area contributed by atoms with Crippen LogP contribution in [0.3, 0.4) is 0 Å². The fourth-order valence-corrected chi connectivity index (χ4v) is 3.89. The fraction of sp³-hybridized carbons (Fsp3) is 0.429. The molecule has 1 N–H and O–H groups in total. The van der Waals surface area contributed by atoms with Gasteiger partial charge in [0.25, 0.3) is 0 Å². The van der Waals surface area contributed by atoms with E-state index in [0.717, 1.165) is 18.6 Å². The Kier molecular flexibility index (Phi) is 6.01. The maximum atomic E-state index is 12.9. The van der Waals surface area contributed by atoms with Crippen molar-refractivity contribution < 1.29 is 13.2 Å². The van der Waals surface area contributed by atoms with Gasteiger partial charge in [-0.25, -0.2) is 4.98 Å². The summed E-state index contributed by atoms with van der Waals surface area (Å²) >= 11 is 6.09. The van der Waals surface area contributed by atoms with Crippen molar-refractivity contribution in [3.05, 3.63) is 47.0 Å². The molecule has 10 heteroatoms. The molecule has 0 radical (unpaired) electrons. The minimum Gasteiger partial charge on any atom is -0.368 e. The molecule has 0 spiro atoms. The first-order chi connectivity index (χ1) is 14.9. The average Bonchev–Trinajstić information content (AvgIpc) is 3.06. The van der Waals surface area contributed by atoms with Gasteiger partial charge in [-0.1, -0.05) is 31.4 Å². The van der Waals surface area contributed by atoms with E-state index >= 15 is 0 Å². The molecule has 1 aliphatic rings. The van der Waals surface area contributed by atoms with Crippen molar-refractivity contribution in [3.8, 4) is 6.07 Å². The standard InChI is InChI=1S/C21H20ClF3N6/c22-10-17-30-20-18(31(17)12-14-4-6-15(7-5-14)21(23,24)25)19(28-16(11-26)29-20)27-9-8-13-2-1-3-13/h4-7,13H,1-3,8-10,12H2,(H,27,28,29). The van der Waals surface area contributed by atoms with Crippen molar-refractivity contribution in [1.29, 1.82) is 5.26 Å². The number of hydrogen-bond acceptors (Lipinski definition) is 5. The lowest BCUT2D eigenvalue weighted by Crippen LogP contribution is -2.17. The molecule has 0 amide bonds. The molecule has 3 aromatic rings. The Hall–Kier alpha value is -2.86. The molecule has 31 heavy (non-hydrogen) atoms. The fourth-order valence-electron chi connectivity index (χ4n) is 3.68. The van der Waals surface area contributed by atoms with Crippen LogP contribution in [0.5, 0.6) is 0 Å². The van der Waals surface area contributed by atoms with Crippen LogP contribution in [0.1, 0.15) is 48.5 Å². The highest BCUT2D eigenvalue weighted by Crippen LogP contribution is 2.31. The van der Waals surface area contributed by atoms with Gasteiger partial charge in [0.2, 0.25) is 5.82 Å². The lowest BCUT2D eigenvalue weighted by molar-refractivity contribution is -0.137. The molecule has 1 aromatic carbocycles. The summed E-state index contributed by atoms with van der Waals surface area (Å²) in [7, 11) is 0. The predicted molar refractivity (Wildman–Crippen MR) is 111 cm³/mol. The second kappa shape index (κ2) is 8.71. The van der Waals surface area contributed by atoms with E-state index < -0.39 is 11.7 Å². The Bertz CT molecular complexity index is 1110. The smallest absolute Gasteiger partial charge is 0.368 e. The summed E-state index contributed by atoms with van der Waals surface area (Å²) in [6.07, 6.45) is 0.336. The van der Waals surface area contributed by atoms with Crippen LogP contribution < -0.4 is 5.32 Å². The third-order valence-corrected chi connectivity index (χ3v) is 5.83. The second-order valence-electron chi connectivity index (χ2n) is 7.63. The van der Waals surface area contributed by atoms with Gasteiger partial charge in [-0.15, -0.1) is 11.6 Å². The van der Waals surface area contributed by atoms with Crippen molar-refractivity contribution in [2.24, 2.45) is 5.92 Å². The van der Waals surface area contributed by atoms with Gasteiger partial charge in [0.05, 0.1) is 11.4 Å². The number of aromatic nitrogens is 4. The van der Waals surface area contributed by atoms with Gasteiger partial charge in [-0.2, -0.15) is 28.4 Å². The molecule has 2 heterocycles. The van der Waals surface area contributed by atoms with E-state index in [1.54, 1.807) is 4.57 Å². The highest BCUT2D eigenvalue weighted by Gasteiger charge is 2.30. The number of rotatable bonds is 7. The first kappa shape index (κ1) is 21.4. The SMILES string of the molecule is N#Cc1nc(NCCC2CCC2)c2c(n1)nc(CCl)n2Cc1ccc(C(F)(F)F)cc1. The summed E-state index contributed by atoms with van der Waals surface area (Å²) in [5.74, 6) is 1.77. The molecule has 6 nitrogen and oxygen atoms in total. The van der Waals surface area contributed by atoms with E-state index in [1.807, 2.05) is 6.07 Å². The van der Waals surface area contributed by atoms with Crippen LogP contribution in [0.15, 0.2) is 24.3 Å². The molecule has 0 unspecified atom stereocenters. The summed E-state index contributed by atoms with van der Waals surface area (Å²) in [5.41, 5.74) is 0.872. The third kappa shape index (κ3) is 4.59. The number of nitrogens with one attached hydrogen (secondary N) is 1. The van der Waals surface area contributed by atoms with Crippen LogP contribution in [-0.4, -0.2) is 26.1 Å². The maximum Gasteiger partial charge on any atom is 0.416 e. The van der Waals surface area contributed by atoms with E-state index in [-0.39, 0.29) is 18.2 Å². The number of nitriles is 1. The Morgan fingerprint density at radius 3 is 2.48 bits per heavy atom. The topological polar surface area (TPSA) is 79.4 Å². The van der Waals surface area contributed by atoms with E-state index in [9.17, 15) is 18.4 Å². The van der Waals surface area contributed by atoms with Gasteiger partial charge in [0.15, 0.2) is 11.5 Å². The molecule has 0 aliphatic heterocycles. The van der Waals surface area contributed by atoms with Gasteiger partial charge in [0.1, 0.15) is 17.4 Å². The van der Waals surface area contributed by atoms with E-state index in [2.05, 4.69) is 20.3 Å². The van der Waals surface area contributed by atoms with E-state index in [0.29, 0.717) is 40.8 Å². The zero-order valence-corrected chi connectivity index (χ0v) is 17.3. The van der Waals surface area contributed by atoms with Gasteiger partial charge >= 0.3 is 6.18 Å². The molecule has 0 bridgehead atoms. The van der Waals surface area contributed by atoms with Gasteiger partial charge in [0, 0.05) is 13.1 Å². The van der Waals surface area contributed by atoms with Crippen molar-refractivity contribution in [1.82, 2.24) is 19.5 Å². The molecular weight excluding hydrogens is 429 g/mol. The quantitative estimate of drug-likeness (QED) is 0.508. The molecule has 0 saturated heterocycles. The molecule has 2 aromatic heterocycles. The summed E-state index contributed by atoms with van der Waals surface area (Å²) < 4.78 is 40.4. The molecule has 162 valence electrons. The molecule has 4 rings (SSSR count). The molecule has 0 atom stereocenters. The van der Waals surface area contributed by atoms with Crippen LogP contribution in [0.2, 0.25) is 0 Å². The summed E-state index contributed by atoms with van der Waals surface area (Å²) in [4.78, 5) is 12.9. The molecule has 1 aliphatic carbocycles. The second-order valence-corrected chi connectivity index (χ2v) is 7.90. The third-order valence-electron chi connectivity index (χ3n) is 5.59. The molecule has 1 saturated carbocycles. The van der Waals surface area contributed by atoms with Crippen LogP contribution >= 0.6 is 11.6 Å². The van der Waals surface area contributed by atoms with Crippen LogP contribution in [-0.2, 0) is 18.6 Å². The number of benzene rings is 1. The minimum absolute atomic E-state index is 0.000975. The van der Waals surface area contributed by atoms with Crippen molar-refractivity contribution in [3.63, 3.8) is 0 Å². The van der Waals surface area contributed by atoms with Crippen molar-refractivity contribution >= 4 is 28.6 Å². The normalized spacial score (nSPS) is 14.4. The van der Waals surface area contributed by atoms with Crippen LogP contribution in [0, 0.1) is 17.2 Å². The zero-order chi connectivity index (χ0) is 22.0. The summed E-state index contributed by atoms with van der Waals surface area (Å²) in [5, 5.41) is 12.6. The number of anilines is 1. The minimum atomic E-state index is -4.39. The number of alkyl halides is 4. The first-order valence-corrected chi connectivity index (χ1v) is 10.6. The van der Waals surface area contributed by atoms with Gasteiger partial charge < -0.3 is 9.88 Å². The number of nitrogens with zero attached hydrogens (tertiary/aromatic N) is 5. The Morgan fingerprint density at radius 1 is 1.16 bits per heavy atom. The molecular formula is C21H20ClF3N6. The van der Waals surface area contributed by atoms with Crippen LogP contribution in [0.4, 0.5) is 19.0 Å². The highest BCUT2D eigenvalue weighted by atomic mass is 35.5. The Morgan fingerprint density at radius 2 is 1.90 bits per heavy atom. The lowest BCUT2D eigenvalue weighted by atomic mass is 9.83. The van der Waals surface area contributed by atoms with Gasteiger partial charge in [-0.3, -0.25) is 0 Å².